The van der Waals surface area contributed by atoms with E-state index in [1.54, 1.807) is 6.07 Å². The standard InChI is InChI=1S/C36H51ClN2O4S/c1-4-7-25-18-29(37)12-14-30(25)28-21-39(33-19-26(35(38)40)11-15-34(33)43-22-28)20-27-10-13-31(27)32(36-41-16-6-17-42-36)9-5-8-23(2)24(3)44/h11-12,14-15,18-19,23-24,27-28,31-32,36,44H,4-10,13,16-17,20-22H2,1-3H3,(H2,38,40). The third kappa shape index (κ3) is 8.07. The fourth-order valence-corrected chi connectivity index (χ4v) is 7.70. The monoisotopic (exact) mass is 642 g/mol. The highest BCUT2D eigenvalue weighted by molar-refractivity contribution is 7.80. The minimum Gasteiger partial charge on any atom is -0.491 e. The van der Waals surface area contributed by atoms with Crippen molar-refractivity contribution in [1.29, 1.82) is 0 Å². The van der Waals surface area contributed by atoms with E-state index in [2.05, 4.69) is 50.4 Å². The Hall–Kier alpha value is -1.93. The summed E-state index contributed by atoms with van der Waals surface area (Å²) in [5.41, 5.74) is 9.79. The van der Waals surface area contributed by atoms with Crippen LogP contribution in [0.1, 0.15) is 93.1 Å². The highest BCUT2D eigenvalue weighted by Gasteiger charge is 2.43. The van der Waals surface area contributed by atoms with E-state index < -0.39 is 5.91 Å². The highest BCUT2D eigenvalue weighted by Crippen LogP contribution is 2.47. The van der Waals surface area contributed by atoms with Crippen molar-refractivity contribution in [2.45, 2.75) is 89.6 Å². The molecule has 6 atom stereocenters. The first-order valence-corrected chi connectivity index (χ1v) is 17.7. The normalized spacial score (nSPS) is 24.4. The van der Waals surface area contributed by atoms with Crippen LogP contribution in [0.25, 0.3) is 0 Å². The van der Waals surface area contributed by atoms with E-state index in [0.717, 1.165) is 74.9 Å². The van der Waals surface area contributed by atoms with Gasteiger partial charge in [-0.05, 0) is 97.7 Å². The van der Waals surface area contributed by atoms with Gasteiger partial charge in [0.15, 0.2) is 6.29 Å². The van der Waals surface area contributed by atoms with E-state index >= 15 is 0 Å². The number of ether oxygens (including phenoxy) is 3. The first-order valence-electron chi connectivity index (χ1n) is 16.8. The Morgan fingerprint density at radius 2 is 1.91 bits per heavy atom. The minimum absolute atomic E-state index is 0.125. The summed E-state index contributed by atoms with van der Waals surface area (Å²) < 4.78 is 19.0. The second kappa shape index (κ2) is 15.6. The van der Waals surface area contributed by atoms with Crippen molar-refractivity contribution in [3.8, 4) is 5.75 Å². The molecule has 2 aromatic rings. The molecular formula is C36H51ClN2O4S. The van der Waals surface area contributed by atoms with Crippen molar-refractivity contribution in [3.63, 3.8) is 0 Å². The quantitative estimate of drug-likeness (QED) is 0.217. The number of carbonyl (C=O) groups is 1. The fraction of sp³-hybridized carbons (Fsp3) is 0.639. The van der Waals surface area contributed by atoms with Gasteiger partial charge in [0.2, 0.25) is 5.91 Å². The molecule has 6 unspecified atom stereocenters. The Labute approximate surface area is 274 Å². The average molecular weight is 643 g/mol. The molecule has 2 fully saturated rings. The molecule has 6 nitrogen and oxygen atoms in total. The number of rotatable bonds is 13. The summed E-state index contributed by atoms with van der Waals surface area (Å²) in [6.07, 6.45) is 8.66. The summed E-state index contributed by atoms with van der Waals surface area (Å²) in [7, 11) is 0. The molecule has 1 aliphatic carbocycles. The molecule has 0 bridgehead atoms. The van der Waals surface area contributed by atoms with Crippen LogP contribution < -0.4 is 15.4 Å². The number of aryl methyl sites for hydroxylation is 1. The van der Waals surface area contributed by atoms with E-state index in [4.69, 9.17) is 31.5 Å². The molecule has 44 heavy (non-hydrogen) atoms. The highest BCUT2D eigenvalue weighted by atomic mass is 35.5. The van der Waals surface area contributed by atoms with Gasteiger partial charge in [-0.15, -0.1) is 0 Å². The molecule has 5 rings (SSSR count). The van der Waals surface area contributed by atoms with Crippen molar-refractivity contribution in [2.24, 2.45) is 29.4 Å². The molecule has 0 radical (unpaired) electrons. The van der Waals surface area contributed by atoms with Crippen LogP contribution >= 0.6 is 24.2 Å². The molecule has 2 aromatic carbocycles. The average Bonchev–Trinajstić information content (AvgIpc) is 3.18. The largest absolute Gasteiger partial charge is 0.491 e. The number of nitrogens with zero attached hydrogens (tertiary/aromatic N) is 1. The van der Waals surface area contributed by atoms with Crippen LogP contribution in [0.3, 0.4) is 0 Å². The lowest BCUT2D eigenvalue weighted by atomic mass is 9.65. The van der Waals surface area contributed by atoms with Crippen LogP contribution in [0.5, 0.6) is 5.75 Å². The first-order chi connectivity index (χ1) is 21.2. The van der Waals surface area contributed by atoms with Crippen molar-refractivity contribution in [2.75, 3.05) is 37.8 Å². The van der Waals surface area contributed by atoms with E-state index in [1.807, 2.05) is 18.2 Å². The number of halogens is 1. The van der Waals surface area contributed by atoms with Crippen molar-refractivity contribution in [3.05, 3.63) is 58.1 Å². The van der Waals surface area contributed by atoms with Gasteiger partial charge in [-0.1, -0.05) is 51.3 Å². The maximum Gasteiger partial charge on any atom is 0.248 e. The zero-order valence-corrected chi connectivity index (χ0v) is 28.3. The molecule has 1 amide bonds. The second-order valence-electron chi connectivity index (χ2n) is 13.3. The molecule has 2 heterocycles. The summed E-state index contributed by atoms with van der Waals surface area (Å²) in [5, 5.41) is 1.17. The lowest BCUT2D eigenvalue weighted by Crippen LogP contribution is -2.47. The summed E-state index contributed by atoms with van der Waals surface area (Å²) in [6.45, 7) is 10.5. The van der Waals surface area contributed by atoms with Gasteiger partial charge >= 0.3 is 0 Å². The van der Waals surface area contributed by atoms with Gasteiger partial charge in [0, 0.05) is 40.8 Å². The van der Waals surface area contributed by atoms with Crippen molar-refractivity contribution < 1.29 is 19.0 Å². The summed E-state index contributed by atoms with van der Waals surface area (Å²) in [6, 6.07) is 11.9. The van der Waals surface area contributed by atoms with Gasteiger partial charge < -0.3 is 24.8 Å². The van der Waals surface area contributed by atoms with Gasteiger partial charge in [0.05, 0.1) is 25.5 Å². The molecular weight excluding hydrogens is 592 g/mol. The second-order valence-corrected chi connectivity index (χ2v) is 14.6. The maximum absolute atomic E-state index is 12.2. The van der Waals surface area contributed by atoms with Gasteiger partial charge in [-0.2, -0.15) is 12.6 Å². The maximum atomic E-state index is 12.2. The molecule has 3 aliphatic rings. The number of amides is 1. The lowest BCUT2D eigenvalue weighted by molar-refractivity contribution is -0.224. The SMILES string of the molecule is CCCc1cc(Cl)ccc1C1COc2ccc(C(N)=O)cc2N(CC2CCC2C(CCCC(C)C(C)S)C2OCCCO2)C1. The molecule has 2 N–H and O–H groups in total. The van der Waals surface area contributed by atoms with Crippen molar-refractivity contribution >= 4 is 35.8 Å². The van der Waals surface area contributed by atoms with Gasteiger partial charge in [0.25, 0.3) is 0 Å². The van der Waals surface area contributed by atoms with Crippen LogP contribution in [0, 0.1) is 23.7 Å². The number of hydrogen-bond acceptors (Lipinski definition) is 6. The Kier molecular flexibility index (Phi) is 11.8. The number of anilines is 1. The number of thiol groups is 1. The van der Waals surface area contributed by atoms with E-state index in [0.29, 0.717) is 41.1 Å². The summed E-state index contributed by atoms with van der Waals surface area (Å²) >= 11 is 11.1. The van der Waals surface area contributed by atoms with Gasteiger partial charge in [0.1, 0.15) is 5.75 Å². The first kappa shape index (κ1) is 33.4. The molecule has 1 saturated heterocycles. The molecule has 2 aliphatic heterocycles. The zero-order chi connectivity index (χ0) is 31.2. The fourth-order valence-electron chi connectivity index (χ4n) is 7.36. The third-order valence-corrected chi connectivity index (χ3v) is 11.0. The Bertz CT molecular complexity index is 1250. The Morgan fingerprint density at radius 1 is 1.11 bits per heavy atom. The molecule has 242 valence electrons. The Balaban J connectivity index is 1.40. The minimum atomic E-state index is -0.422. The Morgan fingerprint density at radius 3 is 2.59 bits per heavy atom. The number of primary amides is 1. The van der Waals surface area contributed by atoms with Crippen LogP contribution in [0.2, 0.25) is 5.02 Å². The van der Waals surface area contributed by atoms with Gasteiger partial charge in [-0.25, -0.2) is 0 Å². The van der Waals surface area contributed by atoms with E-state index in [9.17, 15) is 4.79 Å². The number of hydrogen-bond donors (Lipinski definition) is 2. The molecule has 0 aromatic heterocycles. The molecule has 0 spiro atoms. The van der Waals surface area contributed by atoms with Crippen LogP contribution in [-0.4, -0.2) is 50.4 Å². The molecule has 1 saturated carbocycles. The van der Waals surface area contributed by atoms with Crippen molar-refractivity contribution in [1.82, 2.24) is 0 Å². The third-order valence-electron chi connectivity index (χ3n) is 10.2. The zero-order valence-electron chi connectivity index (χ0n) is 26.7. The van der Waals surface area contributed by atoms with Crippen LogP contribution in [0.4, 0.5) is 5.69 Å². The smallest absolute Gasteiger partial charge is 0.248 e. The predicted octanol–water partition coefficient (Wildman–Crippen LogP) is 7.90. The van der Waals surface area contributed by atoms with Crippen LogP contribution in [-0.2, 0) is 15.9 Å². The topological polar surface area (TPSA) is 74.0 Å². The van der Waals surface area contributed by atoms with Gasteiger partial charge in [-0.3, -0.25) is 4.79 Å². The number of fused-ring (bicyclic) bond motifs is 1. The lowest BCUT2D eigenvalue weighted by Gasteiger charge is -2.47. The molecule has 8 heteroatoms. The number of carbonyl (C=O) groups excluding carboxylic acids is 1. The van der Waals surface area contributed by atoms with Crippen LogP contribution in [0.15, 0.2) is 36.4 Å². The summed E-state index contributed by atoms with van der Waals surface area (Å²) in [4.78, 5) is 14.7. The van der Waals surface area contributed by atoms with E-state index in [1.165, 1.54) is 30.4 Å². The summed E-state index contributed by atoms with van der Waals surface area (Å²) in [5.74, 6) is 2.54. The predicted molar refractivity (Wildman–Crippen MR) is 182 cm³/mol. The van der Waals surface area contributed by atoms with E-state index in [-0.39, 0.29) is 12.2 Å². The number of benzene rings is 2. The number of nitrogens with two attached hydrogens (primary N) is 1.